The van der Waals surface area contributed by atoms with E-state index in [-0.39, 0.29) is 10.1 Å². The summed E-state index contributed by atoms with van der Waals surface area (Å²) in [6.07, 6.45) is 0.789. The Labute approximate surface area is 151 Å². The summed E-state index contributed by atoms with van der Waals surface area (Å²) in [5, 5.41) is 0. The van der Waals surface area contributed by atoms with Gasteiger partial charge in [-0.2, -0.15) is 0 Å². The quantitative estimate of drug-likeness (QED) is 0.865. The fourth-order valence-electron chi connectivity index (χ4n) is 2.62. The average Bonchev–Trinajstić information content (AvgIpc) is 3.03. The lowest BCUT2D eigenvalue weighted by molar-refractivity contribution is 0.0765. The number of likely N-dealkylation sites (N-methyl/N-ethyl adjacent to an activating group) is 1. The topological polar surface area (TPSA) is 75.7 Å². The van der Waals surface area contributed by atoms with Crippen LogP contribution in [0.3, 0.4) is 0 Å². The van der Waals surface area contributed by atoms with Crippen molar-refractivity contribution in [1.29, 1.82) is 0 Å². The molecule has 0 saturated heterocycles. The van der Waals surface area contributed by atoms with Crippen LogP contribution in [0, 0.1) is 0 Å². The van der Waals surface area contributed by atoms with Crippen LogP contribution in [-0.4, -0.2) is 38.9 Å². The number of anilines is 1. The number of ether oxygens (including phenoxy) is 1. The highest BCUT2D eigenvalue weighted by atomic mass is 32.2. The Hall–Kier alpha value is -2.06. The van der Waals surface area contributed by atoms with Gasteiger partial charge in [0.2, 0.25) is 0 Å². The Bertz CT molecular complexity index is 890. The lowest BCUT2D eigenvalue weighted by atomic mass is 10.1. The van der Waals surface area contributed by atoms with Gasteiger partial charge in [0.1, 0.15) is 16.6 Å². The number of carbonyl (C=O) groups excluding carboxylic acids is 1. The van der Waals surface area contributed by atoms with Crippen LogP contribution in [0.2, 0.25) is 0 Å². The van der Waals surface area contributed by atoms with Gasteiger partial charge in [-0.25, -0.2) is 8.42 Å². The Kier molecular flexibility index (Phi) is 5.01. The second-order valence-corrected chi connectivity index (χ2v) is 8.70. The second kappa shape index (κ2) is 7.05. The Morgan fingerprint density at radius 3 is 2.72 bits per heavy atom. The minimum atomic E-state index is -3.67. The molecule has 0 atom stereocenters. The monoisotopic (exact) mass is 380 g/mol. The van der Waals surface area contributed by atoms with Gasteiger partial charge < -0.3 is 9.64 Å². The van der Waals surface area contributed by atoms with Gasteiger partial charge in [-0.3, -0.25) is 9.52 Å². The number of nitrogens with one attached hydrogen (secondary N) is 1. The molecule has 134 valence electrons. The van der Waals surface area contributed by atoms with E-state index < -0.39 is 10.0 Å². The number of nitrogens with zero attached hydrogens (tertiary/aromatic N) is 1. The number of thiophene rings is 1. The zero-order chi connectivity index (χ0) is 18.0. The molecule has 1 amide bonds. The molecule has 0 saturated carbocycles. The van der Waals surface area contributed by atoms with Crippen molar-refractivity contribution in [2.45, 2.75) is 24.5 Å². The summed E-state index contributed by atoms with van der Waals surface area (Å²) >= 11 is 1.25. The third-order valence-corrected chi connectivity index (χ3v) is 7.10. The first-order valence-electron chi connectivity index (χ1n) is 8.12. The highest BCUT2D eigenvalue weighted by molar-refractivity contribution is 7.94. The van der Waals surface area contributed by atoms with Crippen molar-refractivity contribution in [3.8, 4) is 5.75 Å². The smallest absolute Gasteiger partial charge is 0.271 e. The molecule has 1 aliphatic heterocycles. The molecule has 25 heavy (non-hydrogen) atoms. The number of hydrogen-bond donors (Lipinski definition) is 1. The van der Waals surface area contributed by atoms with Crippen molar-refractivity contribution in [2.24, 2.45) is 0 Å². The maximum absolute atomic E-state index is 12.6. The maximum atomic E-state index is 12.6. The maximum Gasteiger partial charge on any atom is 0.271 e. The first-order valence-corrected chi connectivity index (χ1v) is 10.4. The summed E-state index contributed by atoms with van der Waals surface area (Å²) in [6, 6.07) is 8.20. The second-order valence-electron chi connectivity index (χ2n) is 5.62. The molecule has 0 unspecified atom stereocenters. The summed E-state index contributed by atoms with van der Waals surface area (Å²) < 4.78 is 33.5. The standard InChI is InChI=1S/C17H20N2O4S2/c1-3-13-6-8-16(24-13)25(21,22)18-12-5-7-15-14(11-12)17(20)19(4-2)9-10-23-15/h5-8,11,18H,3-4,9-10H2,1-2H3. The summed E-state index contributed by atoms with van der Waals surface area (Å²) in [4.78, 5) is 15.3. The van der Waals surface area contributed by atoms with E-state index in [1.54, 1.807) is 23.1 Å². The predicted molar refractivity (Wildman–Crippen MR) is 98.0 cm³/mol. The van der Waals surface area contributed by atoms with Gasteiger partial charge in [-0.05, 0) is 43.7 Å². The van der Waals surface area contributed by atoms with Crippen LogP contribution in [0.25, 0.3) is 0 Å². The van der Waals surface area contributed by atoms with E-state index in [1.165, 1.54) is 17.4 Å². The predicted octanol–water partition coefficient (Wildman–Crippen LogP) is 2.97. The molecule has 0 bridgehead atoms. The van der Waals surface area contributed by atoms with Gasteiger partial charge in [-0.15, -0.1) is 11.3 Å². The van der Waals surface area contributed by atoms with E-state index in [4.69, 9.17) is 4.74 Å². The lowest BCUT2D eigenvalue weighted by Gasteiger charge is -2.17. The lowest BCUT2D eigenvalue weighted by Crippen LogP contribution is -2.32. The molecule has 1 aromatic heterocycles. The van der Waals surface area contributed by atoms with Crippen molar-refractivity contribution in [2.75, 3.05) is 24.4 Å². The van der Waals surface area contributed by atoms with Crippen molar-refractivity contribution >= 4 is 33.0 Å². The molecule has 3 rings (SSSR count). The molecule has 1 N–H and O–H groups in total. The van der Waals surface area contributed by atoms with Crippen LogP contribution in [0.5, 0.6) is 5.75 Å². The van der Waals surface area contributed by atoms with Gasteiger partial charge in [0.05, 0.1) is 12.1 Å². The molecular formula is C17H20N2O4S2. The SMILES string of the molecule is CCc1ccc(S(=O)(=O)Nc2ccc3c(c2)C(=O)N(CC)CCO3)s1. The number of aryl methyl sites for hydroxylation is 1. The number of hydrogen-bond acceptors (Lipinski definition) is 5. The Morgan fingerprint density at radius 1 is 1.24 bits per heavy atom. The molecule has 6 nitrogen and oxygen atoms in total. The van der Waals surface area contributed by atoms with Crippen molar-refractivity contribution in [3.05, 3.63) is 40.8 Å². The van der Waals surface area contributed by atoms with Crippen LogP contribution in [0.15, 0.2) is 34.5 Å². The number of rotatable bonds is 5. The first kappa shape index (κ1) is 17.8. The molecule has 1 aliphatic rings. The average molecular weight is 380 g/mol. The number of benzene rings is 1. The minimum Gasteiger partial charge on any atom is -0.491 e. The molecule has 0 fully saturated rings. The van der Waals surface area contributed by atoms with Crippen molar-refractivity contribution < 1.29 is 17.9 Å². The third-order valence-electron chi connectivity index (χ3n) is 4.00. The molecule has 2 heterocycles. The molecule has 0 spiro atoms. The largest absolute Gasteiger partial charge is 0.491 e. The van der Waals surface area contributed by atoms with Crippen LogP contribution in [0.1, 0.15) is 29.1 Å². The molecular weight excluding hydrogens is 360 g/mol. The van der Waals surface area contributed by atoms with Gasteiger partial charge in [0.25, 0.3) is 15.9 Å². The van der Waals surface area contributed by atoms with E-state index >= 15 is 0 Å². The Morgan fingerprint density at radius 2 is 2.04 bits per heavy atom. The molecule has 8 heteroatoms. The third kappa shape index (κ3) is 3.64. The van der Waals surface area contributed by atoms with Gasteiger partial charge >= 0.3 is 0 Å². The molecule has 0 radical (unpaired) electrons. The number of amides is 1. The van der Waals surface area contributed by atoms with Crippen molar-refractivity contribution in [3.63, 3.8) is 0 Å². The molecule has 2 aromatic rings. The van der Waals surface area contributed by atoms with E-state index in [1.807, 2.05) is 19.9 Å². The minimum absolute atomic E-state index is 0.152. The highest BCUT2D eigenvalue weighted by Gasteiger charge is 2.24. The van der Waals surface area contributed by atoms with Crippen LogP contribution in [-0.2, 0) is 16.4 Å². The summed E-state index contributed by atoms with van der Waals surface area (Å²) in [5.41, 5.74) is 0.722. The van der Waals surface area contributed by atoms with Crippen LogP contribution in [0.4, 0.5) is 5.69 Å². The molecule has 0 aliphatic carbocycles. The summed E-state index contributed by atoms with van der Waals surface area (Å²) in [7, 11) is -3.67. The van der Waals surface area contributed by atoms with E-state index in [0.29, 0.717) is 36.7 Å². The Balaban J connectivity index is 1.90. The molecule has 1 aromatic carbocycles. The van der Waals surface area contributed by atoms with Gasteiger partial charge in [0.15, 0.2) is 0 Å². The number of carbonyl (C=O) groups is 1. The summed E-state index contributed by atoms with van der Waals surface area (Å²) in [5.74, 6) is 0.328. The first-order chi connectivity index (χ1) is 11.9. The highest BCUT2D eigenvalue weighted by Crippen LogP contribution is 2.29. The number of fused-ring (bicyclic) bond motifs is 1. The van der Waals surface area contributed by atoms with Crippen molar-refractivity contribution in [1.82, 2.24) is 4.90 Å². The van der Waals surface area contributed by atoms with Crippen LogP contribution < -0.4 is 9.46 Å². The van der Waals surface area contributed by atoms with Gasteiger partial charge in [-0.1, -0.05) is 6.92 Å². The number of sulfonamides is 1. The van der Waals surface area contributed by atoms with E-state index in [0.717, 1.165) is 11.3 Å². The van der Waals surface area contributed by atoms with Gasteiger partial charge in [0, 0.05) is 17.1 Å². The fraction of sp³-hybridized carbons (Fsp3) is 0.353. The fourth-order valence-corrected chi connectivity index (χ4v) is 4.97. The normalized spacial score (nSPS) is 14.6. The zero-order valence-corrected chi connectivity index (χ0v) is 15.7. The van der Waals surface area contributed by atoms with E-state index in [2.05, 4.69) is 4.72 Å². The van der Waals surface area contributed by atoms with E-state index in [9.17, 15) is 13.2 Å². The van der Waals surface area contributed by atoms with Crippen LogP contribution >= 0.6 is 11.3 Å². The zero-order valence-electron chi connectivity index (χ0n) is 14.1. The summed E-state index contributed by atoms with van der Waals surface area (Å²) in [6.45, 7) is 5.39.